The summed E-state index contributed by atoms with van der Waals surface area (Å²) in [6.07, 6.45) is 0. The summed E-state index contributed by atoms with van der Waals surface area (Å²) in [7, 11) is 1.65. The van der Waals surface area contributed by atoms with E-state index in [1.165, 1.54) is 0 Å². The van der Waals surface area contributed by atoms with Gasteiger partial charge in [0.25, 0.3) is 0 Å². The van der Waals surface area contributed by atoms with E-state index in [4.69, 9.17) is 9.26 Å². The van der Waals surface area contributed by atoms with Crippen LogP contribution in [-0.2, 0) is 5.41 Å². The lowest BCUT2D eigenvalue weighted by Crippen LogP contribution is -2.14. The highest BCUT2D eigenvalue weighted by Crippen LogP contribution is 2.28. The van der Waals surface area contributed by atoms with Crippen LogP contribution in [-0.4, -0.2) is 17.3 Å². The fourth-order valence-electron chi connectivity index (χ4n) is 1.77. The molecule has 5 heteroatoms. The lowest BCUT2D eigenvalue weighted by Gasteiger charge is -2.14. The van der Waals surface area contributed by atoms with E-state index >= 15 is 0 Å². The molecular formula is C15H21N3O2. The number of hydrogen-bond donors (Lipinski definition) is 1. The minimum Gasteiger partial charge on any atom is -0.495 e. The maximum absolute atomic E-state index is 5.33. The molecule has 0 bridgehead atoms. The minimum atomic E-state index is -0.119. The van der Waals surface area contributed by atoms with Crippen molar-refractivity contribution in [3.05, 3.63) is 36.0 Å². The van der Waals surface area contributed by atoms with Gasteiger partial charge >= 0.3 is 0 Å². The molecule has 0 fully saturated rings. The summed E-state index contributed by atoms with van der Waals surface area (Å²) < 4.78 is 10.6. The Bertz CT molecular complexity index is 572. The summed E-state index contributed by atoms with van der Waals surface area (Å²) in [5, 5.41) is 7.36. The molecule has 1 aromatic carbocycles. The summed E-state index contributed by atoms with van der Waals surface area (Å²) in [5.41, 5.74) is 0.782. The van der Waals surface area contributed by atoms with E-state index in [9.17, 15) is 0 Å². The lowest BCUT2D eigenvalue weighted by atomic mass is 9.96. The number of benzene rings is 1. The number of hydrogen-bond acceptors (Lipinski definition) is 5. The van der Waals surface area contributed by atoms with Crippen LogP contribution in [0.4, 0.5) is 5.69 Å². The van der Waals surface area contributed by atoms with Crippen LogP contribution in [0, 0.1) is 0 Å². The molecule has 0 radical (unpaired) electrons. The number of para-hydroxylation sites is 2. The number of aromatic nitrogens is 2. The van der Waals surface area contributed by atoms with E-state index in [1.54, 1.807) is 7.11 Å². The molecule has 0 aliphatic heterocycles. The molecule has 1 atom stereocenters. The fourth-order valence-corrected chi connectivity index (χ4v) is 1.77. The van der Waals surface area contributed by atoms with Crippen molar-refractivity contribution in [2.75, 3.05) is 12.4 Å². The molecule has 1 heterocycles. The quantitative estimate of drug-likeness (QED) is 0.924. The second kappa shape index (κ2) is 5.53. The highest BCUT2D eigenvalue weighted by atomic mass is 16.5. The summed E-state index contributed by atoms with van der Waals surface area (Å²) in [5.74, 6) is 2.07. The van der Waals surface area contributed by atoms with Crippen molar-refractivity contribution in [1.29, 1.82) is 0 Å². The average Bonchev–Trinajstić information content (AvgIpc) is 2.89. The third kappa shape index (κ3) is 3.10. The van der Waals surface area contributed by atoms with Crippen molar-refractivity contribution in [2.45, 2.75) is 39.2 Å². The summed E-state index contributed by atoms with van der Waals surface area (Å²) >= 11 is 0. The molecule has 1 aromatic heterocycles. The number of rotatable bonds is 4. The van der Waals surface area contributed by atoms with Gasteiger partial charge in [-0.1, -0.05) is 38.1 Å². The molecule has 0 spiro atoms. The molecule has 5 nitrogen and oxygen atoms in total. The number of nitrogens with one attached hydrogen (secondary N) is 1. The molecule has 108 valence electrons. The van der Waals surface area contributed by atoms with Gasteiger partial charge in [0.1, 0.15) is 11.8 Å². The summed E-state index contributed by atoms with van der Waals surface area (Å²) in [6.45, 7) is 8.15. The predicted molar refractivity (Wildman–Crippen MR) is 78.0 cm³/mol. The van der Waals surface area contributed by atoms with Gasteiger partial charge in [-0.3, -0.25) is 0 Å². The van der Waals surface area contributed by atoms with Crippen LogP contribution >= 0.6 is 0 Å². The first-order chi connectivity index (χ1) is 9.41. The molecule has 2 rings (SSSR count). The maximum Gasteiger partial charge on any atom is 0.248 e. The van der Waals surface area contributed by atoms with Gasteiger partial charge in [0, 0.05) is 5.41 Å². The molecule has 0 saturated heterocycles. The Kier molecular flexibility index (Phi) is 3.97. The van der Waals surface area contributed by atoms with E-state index in [0.717, 1.165) is 11.4 Å². The van der Waals surface area contributed by atoms with Crippen LogP contribution in [0.3, 0.4) is 0 Å². The van der Waals surface area contributed by atoms with E-state index in [-0.39, 0.29) is 11.5 Å². The fraction of sp³-hybridized carbons (Fsp3) is 0.467. The largest absolute Gasteiger partial charge is 0.495 e. The first kappa shape index (κ1) is 14.4. The standard InChI is InChI=1S/C15H21N3O2/c1-10(13-17-14(18-20-13)15(2,3)4)16-11-8-6-7-9-12(11)19-5/h6-10,16H,1-5H3. The number of nitrogens with zero attached hydrogens (tertiary/aromatic N) is 2. The second-order valence-corrected chi connectivity index (χ2v) is 5.77. The van der Waals surface area contributed by atoms with Crippen LogP contribution in [0.25, 0.3) is 0 Å². The first-order valence-corrected chi connectivity index (χ1v) is 6.65. The monoisotopic (exact) mass is 275 g/mol. The van der Waals surface area contributed by atoms with Crippen molar-refractivity contribution in [3.8, 4) is 5.75 Å². The maximum atomic E-state index is 5.33. The SMILES string of the molecule is COc1ccccc1NC(C)c1nc(C(C)(C)C)no1. The van der Waals surface area contributed by atoms with E-state index in [1.807, 2.05) is 31.2 Å². The molecule has 0 saturated carbocycles. The third-order valence-corrected chi connectivity index (χ3v) is 2.96. The predicted octanol–water partition coefficient (Wildman–Crippen LogP) is 3.55. The second-order valence-electron chi connectivity index (χ2n) is 5.77. The number of anilines is 1. The van der Waals surface area contributed by atoms with Gasteiger partial charge in [-0.05, 0) is 19.1 Å². The van der Waals surface area contributed by atoms with Gasteiger partial charge in [-0.15, -0.1) is 0 Å². The molecule has 1 unspecified atom stereocenters. The summed E-state index contributed by atoms with van der Waals surface area (Å²) in [6, 6.07) is 7.65. The van der Waals surface area contributed by atoms with Crippen molar-refractivity contribution >= 4 is 5.69 Å². The van der Waals surface area contributed by atoms with Gasteiger partial charge < -0.3 is 14.6 Å². The van der Waals surface area contributed by atoms with E-state index in [2.05, 4.69) is 36.2 Å². The van der Waals surface area contributed by atoms with Crippen LogP contribution in [0.1, 0.15) is 45.5 Å². The van der Waals surface area contributed by atoms with E-state index in [0.29, 0.717) is 11.7 Å². The minimum absolute atomic E-state index is 0.0881. The van der Waals surface area contributed by atoms with Crippen LogP contribution in [0.15, 0.2) is 28.8 Å². The Hall–Kier alpha value is -2.04. The van der Waals surface area contributed by atoms with Crippen molar-refractivity contribution in [2.24, 2.45) is 0 Å². The normalized spacial score (nSPS) is 13.1. The highest BCUT2D eigenvalue weighted by molar-refractivity contribution is 5.56. The van der Waals surface area contributed by atoms with Gasteiger partial charge in [-0.2, -0.15) is 4.98 Å². The molecule has 0 aliphatic carbocycles. The lowest BCUT2D eigenvalue weighted by molar-refractivity contribution is 0.353. The Balaban J connectivity index is 2.16. The Morgan fingerprint density at radius 1 is 1.25 bits per heavy atom. The summed E-state index contributed by atoms with van der Waals surface area (Å²) in [4.78, 5) is 4.45. The van der Waals surface area contributed by atoms with Crippen molar-refractivity contribution in [1.82, 2.24) is 10.1 Å². The Morgan fingerprint density at radius 2 is 1.95 bits per heavy atom. The van der Waals surface area contributed by atoms with Gasteiger partial charge in [0.05, 0.1) is 12.8 Å². The molecule has 2 aromatic rings. The Morgan fingerprint density at radius 3 is 2.55 bits per heavy atom. The molecule has 0 amide bonds. The Labute approximate surface area is 119 Å². The molecule has 1 N–H and O–H groups in total. The van der Waals surface area contributed by atoms with Crippen LogP contribution in [0.2, 0.25) is 0 Å². The van der Waals surface area contributed by atoms with Crippen molar-refractivity contribution < 1.29 is 9.26 Å². The highest BCUT2D eigenvalue weighted by Gasteiger charge is 2.23. The first-order valence-electron chi connectivity index (χ1n) is 6.65. The number of methoxy groups -OCH3 is 1. The smallest absolute Gasteiger partial charge is 0.248 e. The molecular weight excluding hydrogens is 254 g/mol. The third-order valence-electron chi connectivity index (χ3n) is 2.96. The average molecular weight is 275 g/mol. The van der Waals surface area contributed by atoms with Crippen molar-refractivity contribution in [3.63, 3.8) is 0 Å². The van der Waals surface area contributed by atoms with Gasteiger partial charge in [0.2, 0.25) is 5.89 Å². The molecule has 20 heavy (non-hydrogen) atoms. The number of ether oxygens (including phenoxy) is 1. The zero-order chi connectivity index (χ0) is 14.8. The van der Waals surface area contributed by atoms with E-state index < -0.39 is 0 Å². The van der Waals surface area contributed by atoms with Gasteiger partial charge in [-0.25, -0.2) is 0 Å². The zero-order valence-corrected chi connectivity index (χ0v) is 12.6. The topological polar surface area (TPSA) is 60.2 Å². The molecule has 0 aliphatic rings. The van der Waals surface area contributed by atoms with Crippen LogP contribution < -0.4 is 10.1 Å². The van der Waals surface area contributed by atoms with Gasteiger partial charge in [0.15, 0.2) is 5.82 Å². The van der Waals surface area contributed by atoms with Crippen LogP contribution in [0.5, 0.6) is 5.75 Å². The zero-order valence-electron chi connectivity index (χ0n) is 12.6.